The normalized spacial score (nSPS) is 17.1. The summed E-state index contributed by atoms with van der Waals surface area (Å²) in [6, 6.07) is 11.2. The second kappa shape index (κ2) is 5.56. The Labute approximate surface area is 142 Å². The van der Waals surface area contributed by atoms with Crippen LogP contribution in [0.1, 0.15) is 34.0 Å². The molecule has 1 aliphatic rings. The predicted molar refractivity (Wildman–Crippen MR) is 91.4 cm³/mol. The Kier molecular flexibility index (Phi) is 3.50. The Morgan fingerprint density at radius 1 is 1.04 bits per heavy atom. The molecule has 3 aromatic rings. The molecule has 0 amide bonds. The summed E-state index contributed by atoms with van der Waals surface area (Å²) in [5.74, 6) is -0.558. The van der Waals surface area contributed by atoms with E-state index in [0.717, 1.165) is 5.56 Å². The van der Waals surface area contributed by atoms with Crippen LogP contribution in [-0.4, -0.2) is 10.8 Å². The van der Waals surface area contributed by atoms with Crippen molar-refractivity contribution in [1.29, 1.82) is 0 Å². The number of hydrogen-bond donors (Lipinski definition) is 1. The van der Waals surface area contributed by atoms with E-state index in [2.05, 4.69) is 4.98 Å². The van der Waals surface area contributed by atoms with E-state index >= 15 is 0 Å². The standard InChI is InChI=1S/C19H13ClFNO2/c20-12-3-6-15-14(9-12)19(24)18-16(22-15)7-11(8-17(18)23)10-1-4-13(21)5-2-10/h1-6,9,11H,7-8H2,(H,22,24). The molecule has 1 aromatic heterocycles. The smallest absolute Gasteiger partial charge is 0.200 e. The van der Waals surface area contributed by atoms with E-state index in [1.54, 1.807) is 30.3 Å². The van der Waals surface area contributed by atoms with E-state index in [1.807, 2.05) is 0 Å². The van der Waals surface area contributed by atoms with Crippen molar-refractivity contribution in [3.8, 4) is 0 Å². The van der Waals surface area contributed by atoms with Crippen LogP contribution < -0.4 is 5.43 Å². The molecule has 0 fully saturated rings. The van der Waals surface area contributed by atoms with Crippen LogP contribution in [0.2, 0.25) is 5.02 Å². The van der Waals surface area contributed by atoms with E-state index in [1.165, 1.54) is 12.1 Å². The molecule has 0 saturated carbocycles. The molecule has 1 aliphatic carbocycles. The minimum absolute atomic E-state index is 0.0639. The summed E-state index contributed by atoms with van der Waals surface area (Å²) in [5.41, 5.74) is 2.15. The zero-order valence-electron chi connectivity index (χ0n) is 12.6. The van der Waals surface area contributed by atoms with Gasteiger partial charge in [0.1, 0.15) is 5.82 Å². The molecule has 0 bridgehead atoms. The van der Waals surface area contributed by atoms with Crippen LogP contribution in [0.4, 0.5) is 4.39 Å². The molecule has 1 heterocycles. The fourth-order valence-corrected chi connectivity index (χ4v) is 3.55. The fraction of sp³-hybridized carbons (Fsp3) is 0.158. The quantitative estimate of drug-likeness (QED) is 0.720. The molecule has 0 radical (unpaired) electrons. The van der Waals surface area contributed by atoms with Gasteiger partial charge in [0.15, 0.2) is 5.78 Å². The summed E-state index contributed by atoms with van der Waals surface area (Å²) in [5, 5.41) is 0.884. The summed E-state index contributed by atoms with van der Waals surface area (Å²) in [6.07, 6.45) is 0.786. The highest BCUT2D eigenvalue weighted by Crippen LogP contribution is 2.32. The number of aromatic nitrogens is 1. The fourth-order valence-electron chi connectivity index (χ4n) is 3.37. The maximum absolute atomic E-state index is 13.1. The Balaban J connectivity index is 1.84. The van der Waals surface area contributed by atoms with Crippen molar-refractivity contribution in [2.24, 2.45) is 0 Å². The van der Waals surface area contributed by atoms with Crippen LogP contribution in [0.25, 0.3) is 10.9 Å². The average molecular weight is 342 g/mol. The van der Waals surface area contributed by atoms with Crippen LogP contribution in [0.5, 0.6) is 0 Å². The summed E-state index contributed by atoms with van der Waals surface area (Å²) in [7, 11) is 0. The van der Waals surface area contributed by atoms with Gasteiger partial charge in [-0.25, -0.2) is 4.39 Å². The first-order valence-electron chi connectivity index (χ1n) is 7.66. The van der Waals surface area contributed by atoms with Crippen molar-refractivity contribution in [2.75, 3.05) is 0 Å². The number of fused-ring (bicyclic) bond motifs is 2. The van der Waals surface area contributed by atoms with E-state index in [9.17, 15) is 14.0 Å². The van der Waals surface area contributed by atoms with Gasteiger partial charge in [0.05, 0.1) is 5.56 Å². The van der Waals surface area contributed by atoms with Gasteiger partial charge in [-0.05, 0) is 48.2 Å². The van der Waals surface area contributed by atoms with Crippen molar-refractivity contribution < 1.29 is 9.18 Å². The summed E-state index contributed by atoms with van der Waals surface area (Å²) >= 11 is 5.96. The lowest BCUT2D eigenvalue weighted by Gasteiger charge is -2.24. The van der Waals surface area contributed by atoms with Gasteiger partial charge in [0.2, 0.25) is 5.43 Å². The number of ketones is 1. The number of pyridine rings is 1. The molecule has 4 rings (SSSR count). The topological polar surface area (TPSA) is 49.9 Å². The Morgan fingerprint density at radius 2 is 1.79 bits per heavy atom. The second-order valence-corrected chi connectivity index (χ2v) is 6.51. The molecule has 1 atom stereocenters. The van der Waals surface area contributed by atoms with Crippen LogP contribution in [0.3, 0.4) is 0 Å². The Morgan fingerprint density at radius 3 is 2.54 bits per heavy atom. The number of H-pyrrole nitrogens is 1. The molecule has 1 N–H and O–H groups in total. The van der Waals surface area contributed by atoms with Crippen molar-refractivity contribution in [2.45, 2.75) is 18.8 Å². The maximum atomic E-state index is 13.1. The number of nitrogens with one attached hydrogen (secondary N) is 1. The van der Waals surface area contributed by atoms with Crippen LogP contribution >= 0.6 is 11.6 Å². The van der Waals surface area contributed by atoms with Crippen molar-refractivity contribution in [3.63, 3.8) is 0 Å². The van der Waals surface area contributed by atoms with Gasteiger partial charge in [-0.3, -0.25) is 9.59 Å². The van der Waals surface area contributed by atoms with E-state index in [-0.39, 0.29) is 34.9 Å². The highest BCUT2D eigenvalue weighted by atomic mass is 35.5. The number of benzene rings is 2. The first-order valence-corrected chi connectivity index (χ1v) is 8.04. The van der Waals surface area contributed by atoms with Gasteiger partial charge < -0.3 is 4.98 Å². The largest absolute Gasteiger partial charge is 0.358 e. The lowest BCUT2D eigenvalue weighted by molar-refractivity contribution is 0.0962. The molecule has 0 spiro atoms. The van der Waals surface area contributed by atoms with Crippen LogP contribution in [0, 0.1) is 5.82 Å². The van der Waals surface area contributed by atoms with Crippen molar-refractivity contribution in [1.82, 2.24) is 4.98 Å². The van der Waals surface area contributed by atoms with E-state index in [4.69, 9.17) is 11.6 Å². The van der Waals surface area contributed by atoms with Crippen LogP contribution in [-0.2, 0) is 6.42 Å². The van der Waals surface area contributed by atoms with Crippen LogP contribution in [0.15, 0.2) is 47.3 Å². The summed E-state index contributed by atoms with van der Waals surface area (Å²) in [6.45, 7) is 0. The molecule has 0 aliphatic heterocycles. The third-order valence-corrected chi connectivity index (χ3v) is 4.78. The molecule has 24 heavy (non-hydrogen) atoms. The first-order chi connectivity index (χ1) is 11.5. The summed E-state index contributed by atoms with van der Waals surface area (Å²) < 4.78 is 13.1. The van der Waals surface area contributed by atoms with E-state index in [0.29, 0.717) is 28.0 Å². The van der Waals surface area contributed by atoms with Gasteiger partial charge in [-0.2, -0.15) is 0 Å². The lowest BCUT2D eigenvalue weighted by Crippen LogP contribution is -2.27. The number of hydrogen-bond acceptors (Lipinski definition) is 2. The number of carbonyl (C=O) groups is 1. The molecule has 1 unspecified atom stereocenters. The number of aromatic amines is 1. The van der Waals surface area contributed by atoms with Crippen molar-refractivity contribution in [3.05, 3.63) is 80.3 Å². The van der Waals surface area contributed by atoms with E-state index < -0.39 is 0 Å². The minimum atomic E-state index is -0.308. The average Bonchev–Trinajstić information content (AvgIpc) is 2.56. The first kappa shape index (κ1) is 15.1. The monoisotopic (exact) mass is 341 g/mol. The molecular weight excluding hydrogens is 329 g/mol. The molecular formula is C19H13ClFNO2. The zero-order chi connectivity index (χ0) is 16.8. The molecule has 2 aromatic carbocycles. The molecule has 120 valence electrons. The molecule has 3 nitrogen and oxygen atoms in total. The number of carbonyl (C=O) groups excluding carboxylic acids is 1. The van der Waals surface area contributed by atoms with Crippen molar-refractivity contribution >= 4 is 28.3 Å². The van der Waals surface area contributed by atoms with Gasteiger partial charge in [0, 0.05) is 28.0 Å². The highest BCUT2D eigenvalue weighted by molar-refractivity contribution is 6.31. The minimum Gasteiger partial charge on any atom is -0.358 e. The summed E-state index contributed by atoms with van der Waals surface area (Å²) in [4.78, 5) is 28.4. The Hall–Kier alpha value is -2.46. The Bertz CT molecular complexity index is 1020. The van der Waals surface area contributed by atoms with Gasteiger partial charge >= 0.3 is 0 Å². The molecule has 5 heteroatoms. The SMILES string of the molecule is O=C1CC(c2ccc(F)cc2)Cc2[nH]c3ccc(Cl)cc3c(=O)c21. The second-order valence-electron chi connectivity index (χ2n) is 6.08. The van der Waals surface area contributed by atoms with Gasteiger partial charge in [0.25, 0.3) is 0 Å². The lowest BCUT2D eigenvalue weighted by atomic mass is 9.81. The molecule has 0 saturated heterocycles. The zero-order valence-corrected chi connectivity index (χ0v) is 13.4. The van der Waals surface area contributed by atoms with Gasteiger partial charge in [-0.1, -0.05) is 23.7 Å². The third kappa shape index (κ3) is 2.43. The predicted octanol–water partition coefficient (Wildman–Crippen LogP) is 4.23. The maximum Gasteiger partial charge on any atom is 0.200 e. The number of halogens is 2. The third-order valence-electron chi connectivity index (χ3n) is 4.54. The van der Waals surface area contributed by atoms with Gasteiger partial charge in [-0.15, -0.1) is 0 Å². The number of Topliss-reactive ketones (excluding diaryl/α,β-unsaturated/α-hetero) is 1. The number of rotatable bonds is 1. The highest BCUT2D eigenvalue weighted by Gasteiger charge is 2.29.